The molecule has 2 rings (SSSR count). The standard InChI is InChI=1S/C12H17ClN2O2/c1-16-11-7-15(8-12(11)17-2)6-10-5-9(13)3-4-14-10/h3-5,11-12H,6-8H2,1-2H3. The third kappa shape index (κ3) is 3.16. The second kappa shape index (κ2) is 5.78. The zero-order chi connectivity index (χ0) is 12.3. The molecule has 1 aromatic rings. The number of hydrogen-bond donors (Lipinski definition) is 0. The highest BCUT2D eigenvalue weighted by molar-refractivity contribution is 6.30. The maximum absolute atomic E-state index is 5.93. The molecule has 1 aliphatic rings. The molecule has 2 unspecified atom stereocenters. The Kier molecular flexibility index (Phi) is 4.34. The van der Waals surface area contributed by atoms with Crippen LogP contribution in [0.3, 0.4) is 0 Å². The van der Waals surface area contributed by atoms with Gasteiger partial charge in [-0.05, 0) is 12.1 Å². The lowest BCUT2D eigenvalue weighted by Gasteiger charge is -2.14. The van der Waals surface area contributed by atoms with Crippen molar-refractivity contribution in [1.29, 1.82) is 0 Å². The van der Waals surface area contributed by atoms with E-state index < -0.39 is 0 Å². The monoisotopic (exact) mass is 256 g/mol. The second-order valence-electron chi connectivity index (χ2n) is 4.21. The van der Waals surface area contributed by atoms with Crippen molar-refractivity contribution in [3.05, 3.63) is 29.0 Å². The first-order valence-electron chi connectivity index (χ1n) is 5.61. The van der Waals surface area contributed by atoms with E-state index in [-0.39, 0.29) is 12.2 Å². The summed E-state index contributed by atoms with van der Waals surface area (Å²) in [5, 5.41) is 0.723. The first-order chi connectivity index (χ1) is 8.22. The van der Waals surface area contributed by atoms with Gasteiger partial charge in [-0.15, -0.1) is 0 Å². The summed E-state index contributed by atoms with van der Waals surface area (Å²) >= 11 is 5.93. The molecule has 17 heavy (non-hydrogen) atoms. The predicted molar refractivity (Wildman–Crippen MR) is 66.1 cm³/mol. The predicted octanol–water partition coefficient (Wildman–Crippen LogP) is 1.58. The van der Waals surface area contributed by atoms with Crippen LogP contribution >= 0.6 is 11.6 Å². The molecule has 0 spiro atoms. The van der Waals surface area contributed by atoms with Gasteiger partial charge in [0.25, 0.3) is 0 Å². The Hall–Kier alpha value is -0.680. The summed E-state index contributed by atoms with van der Waals surface area (Å²) in [6, 6.07) is 3.68. The molecule has 0 bridgehead atoms. The molecule has 1 aromatic heterocycles. The van der Waals surface area contributed by atoms with Crippen LogP contribution in [0, 0.1) is 0 Å². The molecule has 1 fully saturated rings. The third-order valence-corrected chi connectivity index (χ3v) is 3.30. The fraction of sp³-hybridized carbons (Fsp3) is 0.583. The lowest BCUT2D eigenvalue weighted by Crippen LogP contribution is -2.27. The Balaban J connectivity index is 1.97. The van der Waals surface area contributed by atoms with Crippen LogP contribution in [0.15, 0.2) is 18.3 Å². The van der Waals surface area contributed by atoms with E-state index >= 15 is 0 Å². The molecule has 1 aliphatic heterocycles. The number of rotatable bonds is 4. The van der Waals surface area contributed by atoms with Gasteiger partial charge in [0, 0.05) is 45.1 Å². The van der Waals surface area contributed by atoms with Crippen molar-refractivity contribution < 1.29 is 9.47 Å². The van der Waals surface area contributed by atoms with Crippen molar-refractivity contribution in [2.45, 2.75) is 18.8 Å². The van der Waals surface area contributed by atoms with E-state index in [0.717, 1.165) is 30.4 Å². The van der Waals surface area contributed by atoms with Crippen LogP contribution in [0.4, 0.5) is 0 Å². The molecule has 0 amide bonds. The van der Waals surface area contributed by atoms with Crippen molar-refractivity contribution in [2.75, 3.05) is 27.3 Å². The van der Waals surface area contributed by atoms with Crippen LogP contribution in [-0.2, 0) is 16.0 Å². The fourth-order valence-electron chi connectivity index (χ4n) is 2.16. The molecule has 0 N–H and O–H groups in total. The van der Waals surface area contributed by atoms with E-state index in [4.69, 9.17) is 21.1 Å². The Morgan fingerprint density at radius 1 is 1.35 bits per heavy atom. The van der Waals surface area contributed by atoms with Crippen molar-refractivity contribution in [3.8, 4) is 0 Å². The summed E-state index contributed by atoms with van der Waals surface area (Å²) in [6.45, 7) is 2.51. The number of likely N-dealkylation sites (tertiary alicyclic amines) is 1. The number of halogens is 1. The fourth-order valence-corrected chi connectivity index (χ4v) is 2.35. The maximum atomic E-state index is 5.93. The molecular formula is C12H17ClN2O2. The van der Waals surface area contributed by atoms with Gasteiger partial charge >= 0.3 is 0 Å². The van der Waals surface area contributed by atoms with E-state index in [9.17, 15) is 0 Å². The molecule has 2 heterocycles. The second-order valence-corrected chi connectivity index (χ2v) is 4.64. The molecule has 94 valence electrons. The van der Waals surface area contributed by atoms with E-state index in [1.54, 1.807) is 26.5 Å². The van der Waals surface area contributed by atoms with E-state index in [0.29, 0.717) is 0 Å². The Labute approximate surface area is 106 Å². The van der Waals surface area contributed by atoms with Crippen LogP contribution in [0.25, 0.3) is 0 Å². The highest BCUT2D eigenvalue weighted by atomic mass is 35.5. The van der Waals surface area contributed by atoms with Crippen molar-refractivity contribution in [3.63, 3.8) is 0 Å². The molecule has 1 saturated heterocycles. The number of pyridine rings is 1. The van der Waals surface area contributed by atoms with Gasteiger partial charge in [0.2, 0.25) is 0 Å². The van der Waals surface area contributed by atoms with Crippen LogP contribution in [-0.4, -0.2) is 49.4 Å². The average molecular weight is 257 g/mol. The number of methoxy groups -OCH3 is 2. The van der Waals surface area contributed by atoms with Crippen molar-refractivity contribution >= 4 is 11.6 Å². The quantitative estimate of drug-likeness (QED) is 0.819. The summed E-state index contributed by atoms with van der Waals surface area (Å²) in [5.41, 5.74) is 0.976. The SMILES string of the molecule is COC1CN(Cc2cc(Cl)ccn2)CC1OC. The molecule has 0 aromatic carbocycles. The smallest absolute Gasteiger partial charge is 0.0971 e. The summed E-state index contributed by atoms with van der Waals surface area (Å²) in [5.74, 6) is 0. The van der Waals surface area contributed by atoms with Gasteiger partial charge in [-0.3, -0.25) is 9.88 Å². The van der Waals surface area contributed by atoms with E-state index in [2.05, 4.69) is 9.88 Å². The van der Waals surface area contributed by atoms with Crippen molar-refractivity contribution in [2.24, 2.45) is 0 Å². The van der Waals surface area contributed by atoms with Gasteiger partial charge in [0.1, 0.15) is 0 Å². The highest BCUT2D eigenvalue weighted by Gasteiger charge is 2.32. The van der Waals surface area contributed by atoms with E-state index in [1.165, 1.54) is 0 Å². The molecule has 0 radical (unpaired) electrons. The number of nitrogens with zero attached hydrogens (tertiary/aromatic N) is 2. The topological polar surface area (TPSA) is 34.6 Å². The zero-order valence-corrected chi connectivity index (χ0v) is 10.9. The van der Waals surface area contributed by atoms with Crippen LogP contribution < -0.4 is 0 Å². The lowest BCUT2D eigenvalue weighted by atomic mass is 10.3. The summed E-state index contributed by atoms with van der Waals surface area (Å²) < 4.78 is 10.8. The number of aromatic nitrogens is 1. The third-order valence-electron chi connectivity index (χ3n) is 3.06. The average Bonchev–Trinajstić information content (AvgIpc) is 2.71. The minimum Gasteiger partial charge on any atom is -0.377 e. The largest absolute Gasteiger partial charge is 0.377 e. The van der Waals surface area contributed by atoms with Gasteiger partial charge in [-0.2, -0.15) is 0 Å². The molecule has 0 aliphatic carbocycles. The summed E-state index contributed by atoms with van der Waals surface area (Å²) in [4.78, 5) is 6.56. The molecule has 4 nitrogen and oxygen atoms in total. The Morgan fingerprint density at radius 3 is 2.53 bits per heavy atom. The summed E-state index contributed by atoms with van der Waals surface area (Å²) in [6.07, 6.45) is 2.01. The minimum atomic E-state index is 0.138. The normalized spacial score (nSPS) is 25.4. The van der Waals surface area contributed by atoms with Gasteiger partial charge in [0.05, 0.1) is 17.9 Å². The summed E-state index contributed by atoms with van der Waals surface area (Å²) in [7, 11) is 3.44. The van der Waals surface area contributed by atoms with E-state index in [1.807, 2.05) is 6.07 Å². The van der Waals surface area contributed by atoms with Crippen molar-refractivity contribution in [1.82, 2.24) is 9.88 Å². The number of ether oxygens (including phenoxy) is 2. The molecule has 0 saturated carbocycles. The van der Waals surface area contributed by atoms with Crippen LogP contribution in [0.2, 0.25) is 5.02 Å². The number of hydrogen-bond acceptors (Lipinski definition) is 4. The first-order valence-corrected chi connectivity index (χ1v) is 5.99. The lowest BCUT2D eigenvalue weighted by molar-refractivity contribution is -0.00461. The minimum absolute atomic E-state index is 0.138. The van der Waals surface area contributed by atoms with Crippen LogP contribution in [0.1, 0.15) is 5.69 Å². The Bertz CT molecular complexity index is 363. The van der Waals surface area contributed by atoms with Gasteiger partial charge in [0.15, 0.2) is 0 Å². The molecule has 2 atom stereocenters. The first kappa shape index (κ1) is 12.8. The maximum Gasteiger partial charge on any atom is 0.0971 e. The van der Waals surface area contributed by atoms with Crippen LogP contribution in [0.5, 0.6) is 0 Å². The van der Waals surface area contributed by atoms with Gasteiger partial charge in [-0.1, -0.05) is 11.6 Å². The van der Waals surface area contributed by atoms with Gasteiger partial charge < -0.3 is 9.47 Å². The zero-order valence-electron chi connectivity index (χ0n) is 10.1. The molecular weight excluding hydrogens is 240 g/mol. The molecule has 5 heteroatoms. The Morgan fingerprint density at radius 2 is 2.00 bits per heavy atom. The highest BCUT2D eigenvalue weighted by Crippen LogP contribution is 2.18. The van der Waals surface area contributed by atoms with Gasteiger partial charge in [-0.25, -0.2) is 0 Å².